The van der Waals surface area contributed by atoms with E-state index in [9.17, 15) is 4.79 Å². The lowest BCUT2D eigenvalue weighted by Gasteiger charge is -2.37. The summed E-state index contributed by atoms with van der Waals surface area (Å²) in [7, 11) is 5.40. The second-order valence-corrected chi connectivity index (χ2v) is 7.72. The van der Waals surface area contributed by atoms with Gasteiger partial charge in [-0.3, -0.25) is 4.79 Å². The van der Waals surface area contributed by atoms with Crippen LogP contribution < -0.4 is 15.2 Å². The summed E-state index contributed by atoms with van der Waals surface area (Å²) in [5.74, 6) is 1.53. The average molecular weight is 414 g/mol. The Hall–Kier alpha value is -2.87. The highest BCUT2D eigenvalue weighted by Gasteiger charge is 2.27. The number of nitrogen functional groups attached to an aromatic ring is 1. The Labute approximate surface area is 178 Å². The van der Waals surface area contributed by atoms with Gasteiger partial charge in [0.1, 0.15) is 5.69 Å². The van der Waals surface area contributed by atoms with Crippen molar-refractivity contribution in [1.29, 1.82) is 0 Å². The predicted molar refractivity (Wildman–Crippen MR) is 116 cm³/mol. The van der Waals surface area contributed by atoms with E-state index < -0.39 is 0 Å². The Morgan fingerprint density at radius 1 is 1.23 bits per heavy atom. The fourth-order valence-corrected chi connectivity index (χ4v) is 3.89. The van der Waals surface area contributed by atoms with E-state index in [0.717, 1.165) is 43.9 Å². The third kappa shape index (κ3) is 5.18. The smallest absolute Gasteiger partial charge is 0.272 e. The Bertz CT molecular complexity index is 869. The number of piperidine rings is 1. The van der Waals surface area contributed by atoms with Crippen LogP contribution in [0.15, 0.2) is 24.3 Å². The molecule has 1 saturated heterocycles. The van der Waals surface area contributed by atoms with Crippen molar-refractivity contribution >= 4 is 11.9 Å². The van der Waals surface area contributed by atoms with Crippen molar-refractivity contribution in [3.8, 4) is 11.5 Å². The summed E-state index contributed by atoms with van der Waals surface area (Å²) < 4.78 is 10.7. The van der Waals surface area contributed by atoms with Gasteiger partial charge < -0.3 is 25.0 Å². The van der Waals surface area contributed by atoms with Gasteiger partial charge in [-0.25, -0.2) is 9.97 Å². The first-order valence-corrected chi connectivity index (χ1v) is 10.2. The molecule has 0 radical (unpaired) electrons. The van der Waals surface area contributed by atoms with Crippen molar-refractivity contribution in [3.63, 3.8) is 0 Å². The van der Waals surface area contributed by atoms with Crippen LogP contribution in [0.4, 0.5) is 5.95 Å². The van der Waals surface area contributed by atoms with Gasteiger partial charge in [-0.05, 0) is 57.0 Å². The lowest BCUT2D eigenvalue weighted by Crippen LogP contribution is -2.49. The van der Waals surface area contributed by atoms with Crippen molar-refractivity contribution in [1.82, 2.24) is 19.8 Å². The number of methoxy groups -OCH3 is 2. The molecule has 0 aliphatic carbocycles. The summed E-state index contributed by atoms with van der Waals surface area (Å²) in [6, 6.07) is 8.02. The molecule has 3 rings (SSSR count). The summed E-state index contributed by atoms with van der Waals surface area (Å²) in [4.78, 5) is 25.3. The molecule has 162 valence electrons. The van der Waals surface area contributed by atoms with Gasteiger partial charge in [0.05, 0.1) is 14.2 Å². The molecule has 1 aromatic heterocycles. The number of aromatic nitrogens is 2. The van der Waals surface area contributed by atoms with E-state index in [2.05, 4.69) is 28.0 Å². The number of ether oxygens (including phenoxy) is 2. The van der Waals surface area contributed by atoms with Gasteiger partial charge in [-0.15, -0.1) is 0 Å². The van der Waals surface area contributed by atoms with E-state index in [0.29, 0.717) is 24.0 Å². The molecule has 2 heterocycles. The molecule has 30 heavy (non-hydrogen) atoms. The third-order valence-corrected chi connectivity index (χ3v) is 5.60. The van der Waals surface area contributed by atoms with Crippen LogP contribution in [0.25, 0.3) is 0 Å². The van der Waals surface area contributed by atoms with Crippen LogP contribution in [0.3, 0.4) is 0 Å². The molecule has 1 atom stereocenters. The van der Waals surface area contributed by atoms with Gasteiger partial charge in [0, 0.05) is 31.4 Å². The van der Waals surface area contributed by atoms with Crippen LogP contribution in [0.5, 0.6) is 11.5 Å². The monoisotopic (exact) mass is 413 g/mol. The zero-order valence-electron chi connectivity index (χ0n) is 18.2. The number of amides is 1. The minimum atomic E-state index is -0.0785. The molecule has 8 nitrogen and oxygen atoms in total. The topological polar surface area (TPSA) is 93.8 Å². The molecule has 8 heteroatoms. The molecule has 0 bridgehead atoms. The maximum atomic E-state index is 12.9. The molecule has 1 aliphatic heterocycles. The lowest BCUT2D eigenvalue weighted by molar-refractivity contribution is 0.0606. The molecule has 1 fully saturated rings. The maximum Gasteiger partial charge on any atom is 0.272 e. The first kappa shape index (κ1) is 21.8. The first-order valence-electron chi connectivity index (χ1n) is 10.2. The molecule has 2 N–H and O–H groups in total. The van der Waals surface area contributed by atoms with E-state index in [4.69, 9.17) is 15.2 Å². The third-order valence-electron chi connectivity index (χ3n) is 5.60. The molecule has 1 aromatic carbocycles. The standard InChI is InChI=1S/C22H31N5O3/c1-15-12-18(25-22(23)24-15)21(28)27-10-5-6-17(14-27)26(2)11-9-16-7-8-19(29-3)20(13-16)30-4/h7-8,12-13,17H,5-6,9-11,14H2,1-4H3,(H2,23,24,25)/t17-/m1/s1. The number of hydrogen-bond acceptors (Lipinski definition) is 7. The SMILES string of the molecule is COc1ccc(CCN(C)[C@@H]2CCCN(C(=O)c3cc(C)nc(N)n3)C2)cc1OC. The van der Waals surface area contributed by atoms with Crippen molar-refractivity contribution in [3.05, 3.63) is 41.2 Å². The number of aryl methyl sites for hydroxylation is 1. The van der Waals surface area contributed by atoms with Crippen molar-refractivity contribution < 1.29 is 14.3 Å². The van der Waals surface area contributed by atoms with Gasteiger partial charge in [-0.1, -0.05) is 6.07 Å². The highest BCUT2D eigenvalue weighted by Crippen LogP contribution is 2.28. The summed E-state index contributed by atoms with van der Waals surface area (Å²) >= 11 is 0. The van der Waals surface area contributed by atoms with Crippen LogP contribution in [0.1, 0.15) is 34.6 Å². The Morgan fingerprint density at radius 2 is 2.00 bits per heavy atom. The number of likely N-dealkylation sites (N-methyl/N-ethyl adjacent to an activating group) is 1. The number of benzene rings is 1. The summed E-state index contributed by atoms with van der Waals surface area (Å²) in [5, 5.41) is 0. The number of hydrogen-bond donors (Lipinski definition) is 1. The largest absolute Gasteiger partial charge is 0.493 e. The number of carbonyl (C=O) groups excluding carboxylic acids is 1. The van der Waals surface area contributed by atoms with Crippen LogP contribution >= 0.6 is 0 Å². The minimum absolute atomic E-state index is 0.0785. The number of nitrogens with zero attached hydrogens (tertiary/aromatic N) is 4. The second kappa shape index (κ2) is 9.75. The highest BCUT2D eigenvalue weighted by atomic mass is 16.5. The van der Waals surface area contributed by atoms with Gasteiger partial charge in [0.25, 0.3) is 5.91 Å². The molecule has 1 amide bonds. The quantitative estimate of drug-likeness (QED) is 0.743. The van der Waals surface area contributed by atoms with Crippen molar-refractivity contribution in [2.45, 2.75) is 32.2 Å². The number of likely N-dealkylation sites (tertiary alicyclic amines) is 1. The maximum absolute atomic E-state index is 12.9. The highest BCUT2D eigenvalue weighted by molar-refractivity contribution is 5.92. The Kier molecular flexibility index (Phi) is 7.10. The fourth-order valence-electron chi connectivity index (χ4n) is 3.89. The summed E-state index contributed by atoms with van der Waals surface area (Å²) in [5.41, 5.74) is 7.98. The lowest BCUT2D eigenvalue weighted by atomic mass is 10.0. The molecular formula is C22H31N5O3. The molecular weight excluding hydrogens is 382 g/mol. The van der Waals surface area contributed by atoms with Gasteiger partial charge >= 0.3 is 0 Å². The predicted octanol–water partition coefficient (Wildman–Crippen LogP) is 2.16. The molecule has 0 saturated carbocycles. The van der Waals surface area contributed by atoms with Crippen LogP contribution in [0.2, 0.25) is 0 Å². The second-order valence-electron chi connectivity index (χ2n) is 7.72. The van der Waals surface area contributed by atoms with Crippen molar-refractivity contribution in [2.24, 2.45) is 0 Å². The zero-order valence-corrected chi connectivity index (χ0v) is 18.2. The molecule has 2 aromatic rings. The molecule has 0 unspecified atom stereocenters. The van der Waals surface area contributed by atoms with Crippen LogP contribution in [-0.4, -0.2) is 72.6 Å². The Morgan fingerprint density at radius 3 is 2.70 bits per heavy atom. The van der Waals surface area contributed by atoms with E-state index in [1.165, 1.54) is 5.56 Å². The van der Waals surface area contributed by atoms with Gasteiger partial charge in [0.15, 0.2) is 11.5 Å². The van der Waals surface area contributed by atoms with E-state index in [1.54, 1.807) is 20.3 Å². The molecule has 1 aliphatic rings. The summed E-state index contributed by atoms with van der Waals surface area (Å²) in [6.07, 6.45) is 2.93. The Balaban J connectivity index is 1.60. The fraction of sp³-hybridized carbons (Fsp3) is 0.500. The van der Waals surface area contributed by atoms with E-state index in [-0.39, 0.29) is 11.9 Å². The summed E-state index contributed by atoms with van der Waals surface area (Å²) in [6.45, 7) is 4.13. The average Bonchev–Trinajstić information content (AvgIpc) is 2.76. The number of nitrogens with two attached hydrogens (primary N) is 1. The van der Waals surface area contributed by atoms with Crippen LogP contribution in [0, 0.1) is 6.92 Å². The van der Waals surface area contributed by atoms with E-state index in [1.807, 2.05) is 24.0 Å². The number of carbonyl (C=O) groups is 1. The minimum Gasteiger partial charge on any atom is -0.493 e. The molecule has 0 spiro atoms. The van der Waals surface area contributed by atoms with Crippen molar-refractivity contribution in [2.75, 3.05) is 46.6 Å². The normalized spacial score (nSPS) is 16.6. The van der Waals surface area contributed by atoms with Gasteiger partial charge in [0.2, 0.25) is 5.95 Å². The van der Waals surface area contributed by atoms with Gasteiger partial charge in [-0.2, -0.15) is 0 Å². The number of rotatable bonds is 7. The van der Waals surface area contributed by atoms with E-state index >= 15 is 0 Å². The van der Waals surface area contributed by atoms with Crippen LogP contribution in [-0.2, 0) is 6.42 Å². The zero-order chi connectivity index (χ0) is 21.7. The number of anilines is 1. The first-order chi connectivity index (χ1) is 14.4.